The molecule has 1 saturated carbocycles. The molecule has 0 spiro atoms. The first kappa shape index (κ1) is 11.3. The van der Waals surface area contributed by atoms with Crippen LogP contribution in [0.3, 0.4) is 0 Å². The van der Waals surface area contributed by atoms with Crippen LogP contribution < -0.4 is 5.73 Å². The van der Waals surface area contributed by atoms with Crippen molar-refractivity contribution in [2.75, 3.05) is 0 Å². The normalized spacial score (nSPS) is 17.6. The van der Waals surface area contributed by atoms with E-state index in [0.29, 0.717) is 11.4 Å². The van der Waals surface area contributed by atoms with E-state index < -0.39 is 11.7 Å². The minimum absolute atomic E-state index is 0.392. The summed E-state index contributed by atoms with van der Waals surface area (Å²) in [4.78, 5) is 10.8. The van der Waals surface area contributed by atoms with Crippen LogP contribution in [-0.2, 0) is 11.2 Å². The number of amides is 1. The number of hydrogen-bond acceptors (Lipinski definition) is 2. The molecular weight excluding hydrogens is 226 g/mol. The van der Waals surface area contributed by atoms with Gasteiger partial charge in [-0.05, 0) is 37.0 Å². The number of primary amides is 1. The van der Waals surface area contributed by atoms with Crippen molar-refractivity contribution < 1.29 is 9.53 Å². The lowest BCUT2D eigenvalue weighted by atomic mass is 9.76. The fourth-order valence-electron chi connectivity index (χ4n) is 2.12. The summed E-state index contributed by atoms with van der Waals surface area (Å²) in [5.41, 5.74) is 5.77. The van der Waals surface area contributed by atoms with E-state index in [-0.39, 0.29) is 0 Å². The molecule has 0 aliphatic heterocycles. The van der Waals surface area contributed by atoms with Gasteiger partial charge in [0.2, 0.25) is 0 Å². The second-order valence-electron chi connectivity index (χ2n) is 4.26. The number of carbonyl (C=O) groups excluding carboxylic acids is 1. The summed E-state index contributed by atoms with van der Waals surface area (Å²) in [6.07, 6.45) is 2.83. The van der Waals surface area contributed by atoms with Crippen LogP contribution in [0.2, 0.25) is 5.02 Å². The summed E-state index contributed by atoms with van der Waals surface area (Å²) in [7, 11) is 0. The molecule has 0 bridgehead atoms. The number of benzene rings is 1. The number of rotatable bonds is 3. The Balaban J connectivity index is 2.09. The van der Waals surface area contributed by atoms with Crippen molar-refractivity contribution >= 4 is 17.7 Å². The smallest absolute Gasteiger partial charge is 0.405 e. The zero-order chi connectivity index (χ0) is 11.6. The molecule has 16 heavy (non-hydrogen) atoms. The molecule has 1 aliphatic rings. The van der Waals surface area contributed by atoms with Crippen molar-refractivity contribution in [2.45, 2.75) is 31.3 Å². The Labute approximate surface area is 99.5 Å². The van der Waals surface area contributed by atoms with Crippen molar-refractivity contribution in [3.8, 4) is 0 Å². The Hall–Kier alpha value is -1.22. The summed E-state index contributed by atoms with van der Waals surface area (Å²) in [5, 5.41) is 0.700. The fourth-order valence-corrected chi connectivity index (χ4v) is 2.33. The number of carbonyl (C=O) groups is 1. The number of nitrogens with two attached hydrogens (primary N) is 1. The molecule has 1 aliphatic carbocycles. The molecule has 1 amide bonds. The lowest BCUT2D eigenvalue weighted by molar-refractivity contribution is -0.0429. The van der Waals surface area contributed by atoms with Crippen LogP contribution in [0.5, 0.6) is 0 Å². The molecule has 2 N–H and O–H groups in total. The van der Waals surface area contributed by atoms with E-state index >= 15 is 0 Å². The molecule has 0 atom stereocenters. The highest BCUT2D eigenvalue weighted by Gasteiger charge is 2.40. The van der Waals surface area contributed by atoms with Gasteiger partial charge < -0.3 is 10.5 Å². The third-order valence-electron chi connectivity index (χ3n) is 3.00. The van der Waals surface area contributed by atoms with E-state index in [1.807, 2.05) is 24.3 Å². The highest BCUT2D eigenvalue weighted by Crippen LogP contribution is 2.38. The Kier molecular flexibility index (Phi) is 3.06. The summed E-state index contributed by atoms with van der Waals surface area (Å²) < 4.78 is 5.21. The van der Waals surface area contributed by atoms with E-state index in [9.17, 15) is 4.79 Å². The SMILES string of the molecule is NC(=O)OC1(Cc2cccc(Cl)c2)CCC1. The number of halogens is 1. The third-order valence-corrected chi connectivity index (χ3v) is 3.23. The molecule has 1 aromatic carbocycles. The maximum Gasteiger partial charge on any atom is 0.405 e. The van der Waals surface area contributed by atoms with Crippen LogP contribution in [-0.4, -0.2) is 11.7 Å². The van der Waals surface area contributed by atoms with Crippen molar-refractivity contribution in [3.63, 3.8) is 0 Å². The minimum atomic E-state index is -0.693. The highest BCUT2D eigenvalue weighted by atomic mass is 35.5. The molecule has 0 heterocycles. The van der Waals surface area contributed by atoms with Crippen molar-refractivity contribution in [2.24, 2.45) is 5.73 Å². The first-order valence-corrected chi connectivity index (χ1v) is 5.70. The van der Waals surface area contributed by atoms with Crippen LogP contribution in [0.15, 0.2) is 24.3 Å². The number of ether oxygens (including phenoxy) is 1. The summed E-state index contributed by atoms with van der Waals surface area (Å²) >= 11 is 5.91. The highest BCUT2D eigenvalue weighted by molar-refractivity contribution is 6.30. The van der Waals surface area contributed by atoms with E-state index in [1.165, 1.54) is 0 Å². The van der Waals surface area contributed by atoms with Gasteiger partial charge >= 0.3 is 6.09 Å². The Morgan fingerprint density at radius 2 is 2.25 bits per heavy atom. The van der Waals surface area contributed by atoms with Gasteiger partial charge in [0.15, 0.2) is 0 Å². The summed E-state index contributed by atoms with van der Waals surface area (Å²) in [6, 6.07) is 7.60. The Morgan fingerprint density at radius 3 is 2.75 bits per heavy atom. The van der Waals surface area contributed by atoms with Gasteiger partial charge in [-0.1, -0.05) is 23.7 Å². The van der Waals surface area contributed by atoms with Gasteiger partial charge in [-0.3, -0.25) is 0 Å². The predicted molar refractivity (Wildman–Crippen MR) is 62.4 cm³/mol. The van der Waals surface area contributed by atoms with Crippen LogP contribution in [0.4, 0.5) is 4.79 Å². The van der Waals surface area contributed by atoms with Gasteiger partial charge in [0.1, 0.15) is 5.60 Å². The maximum absolute atomic E-state index is 10.8. The lowest BCUT2D eigenvalue weighted by Crippen LogP contribution is -2.45. The molecule has 0 saturated heterocycles. The van der Waals surface area contributed by atoms with Crippen molar-refractivity contribution in [1.29, 1.82) is 0 Å². The average Bonchev–Trinajstić information content (AvgIpc) is 2.13. The molecule has 0 aromatic heterocycles. The second kappa shape index (κ2) is 4.34. The molecular formula is C12H14ClNO2. The van der Waals surface area contributed by atoms with Gasteiger partial charge in [0, 0.05) is 11.4 Å². The Bertz CT molecular complexity index is 402. The average molecular weight is 240 g/mol. The van der Waals surface area contributed by atoms with Gasteiger partial charge in [-0.15, -0.1) is 0 Å². The summed E-state index contributed by atoms with van der Waals surface area (Å²) in [5.74, 6) is 0. The zero-order valence-corrected chi connectivity index (χ0v) is 9.67. The first-order chi connectivity index (χ1) is 7.60. The van der Waals surface area contributed by atoms with Gasteiger partial charge in [-0.2, -0.15) is 0 Å². The quantitative estimate of drug-likeness (QED) is 0.882. The van der Waals surface area contributed by atoms with E-state index in [0.717, 1.165) is 24.8 Å². The molecule has 4 heteroatoms. The summed E-state index contributed by atoms with van der Waals surface area (Å²) in [6.45, 7) is 0. The topological polar surface area (TPSA) is 52.3 Å². The predicted octanol–water partition coefficient (Wildman–Crippen LogP) is 2.90. The van der Waals surface area contributed by atoms with Crippen molar-refractivity contribution in [1.82, 2.24) is 0 Å². The monoisotopic (exact) mass is 239 g/mol. The molecule has 0 radical (unpaired) electrons. The van der Waals surface area contributed by atoms with E-state index in [2.05, 4.69) is 0 Å². The molecule has 86 valence electrons. The molecule has 2 rings (SSSR count). The molecule has 1 fully saturated rings. The number of hydrogen-bond donors (Lipinski definition) is 1. The third kappa shape index (κ3) is 2.47. The van der Waals surface area contributed by atoms with Gasteiger partial charge in [0.25, 0.3) is 0 Å². The second-order valence-corrected chi connectivity index (χ2v) is 4.70. The molecule has 0 unspecified atom stereocenters. The standard InChI is InChI=1S/C12H14ClNO2/c13-10-4-1-3-9(7-10)8-12(5-2-6-12)16-11(14)15/h1,3-4,7H,2,5-6,8H2,(H2,14,15). The molecule has 1 aromatic rings. The van der Waals surface area contributed by atoms with Crippen LogP contribution >= 0.6 is 11.6 Å². The first-order valence-electron chi connectivity index (χ1n) is 5.33. The van der Waals surface area contributed by atoms with E-state index in [4.69, 9.17) is 22.1 Å². The van der Waals surface area contributed by atoms with Gasteiger partial charge in [0.05, 0.1) is 0 Å². The Morgan fingerprint density at radius 1 is 1.50 bits per heavy atom. The van der Waals surface area contributed by atoms with Crippen LogP contribution in [0.1, 0.15) is 24.8 Å². The molecule has 3 nitrogen and oxygen atoms in total. The minimum Gasteiger partial charge on any atom is -0.443 e. The maximum atomic E-state index is 10.8. The van der Waals surface area contributed by atoms with Crippen LogP contribution in [0, 0.1) is 0 Å². The zero-order valence-electron chi connectivity index (χ0n) is 8.91. The fraction of sp³-hybridized carbons (Fsp3) is 0.417. The lowest BCUT2D eigenvalue weighted by Gasteiger charge is -2.40. The van der Waals surface area contributed by atoms with E-state index in [1.54, 1.807) is 0 Å². The van der Waals surface area contributed by atoms with Crippen molar-refractivity contribution in [3.05, 3.63) is 34.9 Å². The van der Waals surface area contributed by atoms with Gasteiger partial charge in [-0.25, -0.2) is 4.79 Å². The van der Waals surface area contributed by atoms with Crippen LogP contribution in [0.25, 0.3) is 0 Å². The largest absolute Gasteiger partial charge is 0.443 e.